The number of benzene rings is 1. The highest BCUT2D eigenvalue weighted by atomic mass is 35.9. The predicted octanol–water partition coefficient (Wildman–Crippen LogP) is 3.96. The largest absolute Gasteiger partial charge is 0.428 e. The van der Waals surface area contributed by atoms with Crippen LogP contribution in [0.2, 0.25) is 0 Å². The van der Waals surface area contributed by atoms with Gasteiger partial charge in [-0.1, -0.05) is 17.7 Å². The zero-order valence-electron chi connectivity index (χ0n) is 6.33. The van der Waals surface area contributed by atoms with Crippen molar-refractivity contribution in [2.45, 2.75) is 6.92 Å². The van der Waals surface area contributed by atoms with Crippen molar-refractivity contribution in [3.63, 3.8) is 0 Å². The standard InChI is InChI=1S/C7H7Cl2O2P/c1-6-2-4-7(5-3-6)11-12(8,9)10/h2-5H,1H3. The topological polar surface area (TPSA) is 26.3 Å². The minimum absolute atomic E-state index is 0.411. The summed E-state index contributed by atoms with van der Waals surface area (Å²) in [5.74, 6) is 0.411. The van der Waals surface area contributed by atoms with E-state index in [0.29, 0.717) is 5.75 Å². The first-order valence-electron chi connectivity index (χ1n) is 3.23. The normalized spacial score (nSPS) is 11.2. The van der Waals surface area contributed by atoms with Gasteiger partial charge in [-0.3, -0.25) is 0 Å². The van der Waals surface area contributed by atoms with Gasteiger partial charge < -0.3 is 4.52 Å². The smallest absolute Gasteiger partial charge is 0.422 e. The lowest BCUT2D eigenvalue weighted by molar-refractivity contribution is 0.513. The van der Waals surface area contributed by atoms with Crippen LogP contribution in [0.4, 0.5) is 0 Å². The van der Waals surface area contributed by atoms with Crippen molar-refractivity contribution >= 4 is 28.6 Å². The van der Waals surface area contributed by atoms with Gasteiger partial charge in [0.2, 0.25) is 0 Å². The molecule has 0 saturated carbocycles. The molecule has 5 heteroatoms. The van der Waals surface area contributed by atoms with Crippen molar-refractivity contribution in [3.8, 4) is 5.75 Å². The number of rotatable bonds is 2. The Morgan fingerprint density at radius 1 is 1.25 bits per heavy atom. The highest BCUT2D eigenvalue weighted by molar-refractivity contribution is 8.05. The number of hydrogen-bond acceptors (Lipinski definition) is 2. The van der Waals surface area contributed by atoms with Crippen LogP contribution < -0.4 is 4.52 Å². The molecule has 0 aliphatic heterocycles. The summed E-state index contributed by atoms with van der Waals surface area (Å²) in [6.07, 6.45) is -3.46. The summed E-state index contributed by atoms with van der Waals surface area (Å²) in [6.45, 7) is 1.94. The molecule has 0 heterocycles. The van der Waals surface area contributed by atoms with Crippen molar-refractivity contribution in [1.82, 2.24) is 0 Å². The first-order valence-corrected chi connectivity index (χ1v) is 6.66. The van der Waals surface area contributed by atoms with Gasteiger partial charge in [0.1, 0.15) is 5.75 Å². The molecule has 0 aliphatic rings. The van der Waals surface area contributed by atoms with Gasteiger partial charge in [0.05, 0.1) is 0 Å². The Kier molecular flexibility index (Phi) is 3.05. The SMILES string of the molecule is Cc1ccc(OP(=O)(Cl)Cl)cc1. The van der Waals surface area contributed by atoms with Crippen LogP contribution in [0, 0.1) is 6.92 Å². The molecule has 0 saturated heterocycles. The van der Waals surface area contributed by atoms with Gasteiger partial charge >= 0.3 is 6.07 Å². The van der Waals surface area contributed by atoms with E-state index >= 15 is 0 Å². The van der Waals surface area contributed by atoms with E-state index in [0.717, 1.165) is 5.56 Å². The summed E-state index contributed by atoms with van der Waals surface area (Å²) in [6, 6.07) is 6.96. The average Bonchev–Trinajstić information content (AvgIpc) is 1.91. The molecule has 0 N–H and O–H groups in total. The Bertz CT molecular complexity index is 304. The van der Waals surface area contributed by atoms with Crippen LogP contribution >= 0.6 is 28.6 Å². The minimum atomic E-state index is -3.46. The van der Waals surface area contributed by atoms with E-state index < -0.39 is 6.07 Å². The second-order valence-electron chi connectivity index (χ2n) is 2.32. The molecule has 66 valence electrons. The monoisotopic (exact) mass is 224 g/mol. The van der Waals surface area contributed by atoms with Gasteiger partial charge in [-0.2, -0.15) is 0 Å². The zero-order chi connectivity index (χ0) is 9.19. The summed E-state index contributed by atoms with van der Waals surface area (Å²) >= 11 is 10.4. The summed E-state index contributed by atoms with van der Waals surface area (Å²) in [5.41, 5.74) is 1.08. The van der Waals surface area contributed by atoms with Gasteiger partial charge in [-0.25, -0.2) is 4.57 Å². The van der Waals surface area contributed by atoms with E-state index in [-0.39, 0.29) is 0 Å². The Labute approximate surface area is 80.5 Å². The van der Waals surface area contributed by atoms with Crippen LogP contribution in [-0.4, -0.2) is 0 Å². The Morgan fingerprint density at radius 2 is 1.75 bits per heavy atom. The second kappa shape index (κ2) is 3.69. The minimum Gasteiger partial charge on any atom is -0.422 e. The lowest BCUT2D eigenvalue weighted by atomic mass is 10.2. The molecule has 0 unspecified atom stereocenters. The number of halogens is 2. The maximum atomic E-state index is 10.8. The zero-order valence-corrected chi connectivity index (χ0v) is 8.74. The van der Waals surface area contributed by atoms with Crippen LogP contribution in [0.1, 0.15) is 5.56 Å². The average molecular weight is 225 g/mol. The summed E-state index contributed by atoms with van der Waals surface area (Å²) in [7, 11) is 0. The van der Waals surface area contributed by atoms with Crippen molar-refractivity contribution < 1.29 is 9.09 Å². The lowest BCUT2D eigenvalue weighted by Crippen LogP contribution is -1.81. The molecule has 0 fully saturated rings. The Hall–Kier alpha value is -0.170. The molecule has 1 rings (SSSR count). The van der Waals surface area contributed by atoms with E-state index in [1.807, 2.05) is 19.1 Å². The van der Waals surface area contributed by atoms with E-state index in [1.54, 1.807) is 12.1 Å². The van der Waals surface area contributed by atoms with Gasteiger partial charge in [0, 0.05) is 22.5 Å². The number of aryl methyl sites for hydroxylation is 1. The molecule has 1 aromatic carbocycles. The third-order valence-corrected chi connectivity index (χ3v) is 2.07. The molecule has 0 aromatic heterocycles. The second-order valence-corrected chi connectivity index (χ2v) is 6.52. The van der Waals surface area contributed by atoms with Crippen molar-refractivity contribution in [2.75, 3.05) is 0 Å². The van der Waals surface area contributed by atoms with Crippen LogP contribution in [0.5, 0.6) is 5.75 Å². The van der Waals surface area contributed by atoms with Gasteiger partial charge in [-0.05, 0) is 19.1 Å². The van der Waals surface area contributed by atoms with E-state index in [9.17, 15) is 4.57 Å². The maximum absolute atomic E-state index is 10.8. The molecule has 1 aromatic rings. The molecular formula is C7H7Cl2O2P. The third-order valence-electron chi connectivity index (χ3n) is 1.23. The molecule has 0 spiro atoms. The summed E-state index contributed by atoms with van der Waals surface area (Å²) < 4.78 is 15.5. The van der Waals surface area contributed by atoms with Crippen molar-refractivity contribution in [3.05, 3.63) is 29.8 Å². The molecule has 0 bridgehead atoms. The van der Waals surface area contributed by atoms with Gasteiger partial charge in [0.25, 0.3) is 0 Å². The molecule has 0 atom stereocenters. The molecule has 0 radical (unpaired) electrons. The van der Waals surface area contributed by atoms with Crippen LogP contribution in [0.15, 0.2) is 24.3 Å². The molecule has 12 heavy (non-hydrogen) atoms. The van der Waals surface area contributed by atoms with Crippen LogP contribution in [0.25, 0.3) is 0 Å². The van der Waals surface area contributed by atoms with E-state index in [1.165, 1.54) is 0 Å². The van der Waals surface area contributed by atoms with Crippen molar-refractivity contribution in [1.29, 1.82) is 0 Å². The predicted molar refractivity (Wildman–Crippen MR) is 51.1 cm³/mol. The third kappa shape index (κ3) is 3.48. The molecule has 2 nitrogen and oxygen atoms in total. The maximum Gasteiger partial charge on any atom is 0.428 e. The molecule has 0 amide bonds. The summed E-state index contributed by atoms with van der Waals surface area (Å²) in [5, 5.41) is 0. The molecule has 0 aliphatic carbocycles. The Morgan fingerprint density at radius 3 is 2.17 bits per heavy atom. The van der Waals surface area contributed by atoms with Crippen LogP contribution in [0.3, 0.4) is 0 Å². The van der Waals surface area contributed by atoms with Crippen molar-refractivity contribution in [2.24, 2.45) is 0 Å². The first-order chi connectivity index (χ1) is 5.47. The van der Waals surface area contributed by atoms with E-state index in [2.05, 4.69) is 0 Å². The highest BCUT2D eigenvalue weighted by Gasteiger charge is 2.15. The van der Waals surface area contributed by atoms with E-state index in [4.69, 9.17) is 27.0 Å². The lowest BCUT2D eigenvalue weighted by Gasteiger charge is -2.05. The first kappa shape index (κ1) is 9.91. The highest BCUT2D eigenvalue weighted by Crippen LogP contribution is 2.56. The van der Waals surface area contributed by atoms with Gasteiger partial charge in [0.15, 0.2) is 0 Å². The van der Waals surface area contributed by atoms with Crippen LogP contribution in [-0.2, 0) is 4.57 Å². The number of hydrogen-bond donors (Lipinski definition) is 0. The molecular weight excluding hydrogens is 218 g/mol. The summed E-state index contributed by atoms with van der Waals surface area (Å²) in [4.78, 5) is 0. The quantitative estimate of drug-likeness (QED) is 0.712. The Balaban J connectivity index is 2.78. The fraction of sp³-hybridized carbons (Fsp3) is 0.143. The van der Waals surface area contributed by atoms with Gasteiger partial charge in [-0.15, -0.1) is 0 Å². The fourth-order valence-electron chi connectivity index (χ4n) is 0.722. The fourth-order valence-corrected chi connectivity index (χ4v) is 1.57.